The molecule has 0 unspecified atom stereocenters. The molecule has 1 atom stereocenters. The predicted octanol–water partition coefficient (Wildman–Crippen LogP) is 5.07. The molecule has 0 saturated carbocycles. The average Bonchev–Trinajstić information content (AvgIpc) is 2.81. The van der Waals surface area contributed by atoms with E-state index in [1.165, 1.54) is 30.2 Å². The molecule has 0 saturated heterocycles. The Hall–Kier alpha value is -3.00. The third kappa shape index (κ3) is 8.13. The molecular weight excluding hydrogens is 427 g/mol. The van der Waals surface area contributed by atoms with E-state index >= 15 is 0 Å². The fourth-order valence-corrected chi connectivity index (χ4v) is 3.33. The first-order valence-electron chi connectivity index (χ1n) is 11.2. The van der Waals surface area contributed by atoms with Crippen molar-refractivity contribution in [1.29, 1.82) is 0 Å². The maximum absolute atomic E-state index is 13.8. The summed E-state index contributed by atoms with van der Waals surface area (Å²) in [4.78, 5) is 14.7. The quantitative estimate of drug-likeness (QED) is 0.406. The van der Waals surface area contributed by atoms with E-state index < -0.39 is 5.82 Å². The minimum absolute atomic E-state index is 0.0810. The molecule has 33 heavy (non-hydrogen) atoms. The number of benzene rings is 2. The average molecular weight is 463 g/mol. The minimum atomic E-state index is -0.415. The molecule has 0 fully saturated rings. The van der Waals surface area contributed by atoms with Crippen molar-refractivity contribution in [2.45, 2.75) is 39.7 Å². The number of unbranched alkanes of at least 4 members (excludes halogenated alkanes) is 2. The molecule has 2 N–H and O–H groups in total. The molecule has 0 aliphatic rings. The number of hydrogen-bond donors (Lipinski definition) is 2. The number of carbonyl (C=O) groups is 1. The number of carbonyl (C=O) groups excluding carboxylic acids is 1. The minimum Gasteiger partial charge on any atom is -0.496 e. The number of amides is 2. The van der Waals surface area contributed by atoms with Crippen molar-refractivity contribution in [2.75, 3.05) is 39.3 Å². The van der Waals surface area contributed by atoms with Crippen LogP contribution in [-0.4, -0.2) is 50.0 Å². The Morgan fingerprint density at radius 2 is 1.82 bits per heavy atom. The van der Waals surface area contributed by atoms with Crippen molar-refractivity contribution in [1.82, 2.24) is 4.90 Å². The van der Waals surface area contributed by atoms with Gasteiger partial charge in [0, 0.05) is 30.5 Å². The van der Waals surface area contributed by atoms with Gasteiger partial charge in [0.05, 0.1) is 27.4 Å². The van der Waals surface area contributed by atoms with Gasteiger partial charge < -0.3 is 29.5 Å². The van der Waals surface area contributed by atoms with E-state index in [1.807, 2.05) is 6.92 Å². The molecular formula is C25H35FN2O5. The Morgan fingerprint density at radius 3 is 2.48 bits per heavy atom. The summed E-state index contributed by atoms with van der Waals surface area (Å²) in [6.07, 6.45) is 3.09. The van der Waals surface area contributed by atoms with E-state index in [0.29, 0.717) is 35.1 Å². The third-order valence-corrected chi connectivity index (χ3v) is 5.15. The standard InChI is InChI=1S/C25H35FN2O5/c1-5-6-7-12-33-24-14-21(9-11-23(24)32-4)27-25(30)28(15-18(2)17-29)16-19-13-20(26)8-10-22(19)31-3/h8-11,13-14,18,29H,5-7,12,15-17H2,1-4H3,(H,27,30)/t18-/m0/s1. The van der Waals surface area contributed by atoms with E-state index in [2.05, 4.69) is 12.2 Å². The van der Waals surface area contributed by atoms with Gasteiger partial charge >= 0.3 is 6.03 Å². The zero-order valence-electron chi connectivity index (χ0n) is 19.9. The van der Waals surface area contributed by atoms with Gasteiger partial charge in [0.1, 0.15) is 11.6 Å². The highest BCUT2D eigenvalue weighted by Gasteiger charge is 2.20. The van der Waals surface area contributed by atoms with E-state index in [9.17, 15) is 14.3 Å². The number of hydrogen-bond acceptors (Lipinski definition) is 5. The largest absolute Gasteiger partial charge is 0.496 e. The predicted molar refractivity (Wildman–Crippen MR) is 127 cm³/mol. The van der Waals surface area contributed by atoms with Crippen LogP contribution < -0.4 is 19.5 Å². The first-order valence-corrected chi connectivity index (χ1v) is 11.2. The van der Waals surface area contributed by atoms with E-state index in [0.717, 1.165) is 19.3 Å². The van der Waals surface area contributed by atoms with Gasteiger partial charge in [-0.05, 0) is 42.7 Å². The molecule has 0 spiro atoms. The first kappa shape index (κ1) is 26.3. The lowest BCUT2D eigenvalue weighted by Crippen LogP contribution is -2.38. The van der Waals surface area contributed by atoms with E-state index in [4.69, 9.17) is 14.2 Å². The van der Waals surface area contributed by atoms with E-state index in [1.54, 1.807) is 25.3 Å². The summed E-state index contributed by atoms with van der Waals surface area (Å²) in [5.41, 5.74) is 1.08. The van der Waals surface area contributed by atoms with E-state index in [-0.39, 0.29) is 31.6 Å². The maximum Gasteiger partial charge on any atom is 0.322 e. The molecule has 7 nitrogen and oxygen atoms in total. The van der Waals surface area contributed by atoms with Crippen LogP contribution in [0.25, 0.3) is 0 Å². The van der Waals surface area contributed by atoms with Crippen molar-refractivity contribution in [3.63, 3.8) is 0 Å². The molecule has 0 heterocycles. The molecule has 0 aliphatic heterocycles. The van der Waals surface area contributed by atoms with Crippen molar-refractivity contribution in [2.24, 2.45) is 5.92 Å². The lowest BCUT2D eigenvalue weighted by atomic mass is 10.1. The van der Waals surface area contributed by atoms with Crippen LogP contribution in [0.5, 0.6) is 17.2 Å². The number of nitrogens with one attached hydrogen (secondary N) is 1. The normalized spacial score (nSPS) is 11.6. The number of halogens is 1. The van der Waals surface area contributed by atoms with Crippen LogP contribution in [-0.2, 0) is 6.54 Å². The zero-order chi connectivity index (χ0) is 24.2. The second-order valence-corrected chi connectivity index (χ2v) is 7.98. The Kier molecular flexibility index (Phi) is 10.8. The smallest absolute Gasteiger partial charge is 0.322 e. The number of urea groups is 1. The van der Waals surface area contributed by atoms with Crippen LogP contribution >= 0.6 is 0 Å². The molecule has 8 heteroatoms. The summed E-state index contributed by atoms with van der Waals surface area (Å²) in [6.45, 7) is 4.83. The SMILES string of the molecule is CCCCCOc1cc(NC(=O)N(Cc2cc(F)ccc2OC)C[C@H](C)CO)ccc1OC. The molecule has 2 aromatic rings. The molecule has 0 radical (unpaired) electrons. The lowest BCUT2D eigenvalue weighted by Gasteiger charge is -2.26. The molecule has 2 rings (SSSR count). The zero-order valence-corrected chi connectivity index (χ0v) is 19.9. The highest BCUT2D eigenvalue weighted by Crippen LogP contribution is 2.31. The van der Waals surface area contributed by atoms with Crippen LogP contribution in [0.1, 0.15) is 38.7 Å². The Balaban J connectivity index is 2.20. The van der Waals surface area contributed by atoms with Gasteiger partial charge in [0.25, 0.3) is 0 Å². The molecule has 2 aromatic carbocycles. The lowest BCUT2D eigenvalue weighted by molar-refractivity contribution is 0.172. The molecule has 182 valence electrons. The number of methoxy groups -OCH3 is 2. The fourth-order valence-electron chi connectivity index (χ4n) is 3.33. The highest BCUT2D eigenvalue weighted by atomic mass is 19.1. The second-order valence-electron chi connectivity index (χ2n) is 7.98. The summed E-state index contributed by atoms with van der Waals surface area (Å²) in [5.74, 6) is 1.04. The number of aliphatic hydroxyl groups excluding tert-OH is 1. The van der Waals surface area contributed by atoms with Crippen molar-refractivity contribution in [3.05, 3.63) is 47.8 Å². The molecule has 0 aromatic heterocycles. The third-order valence-electron chi connectivity index (χ3n) is 5.15. The monoisotopic (exact) mass is 462 g/mol. The fraction of sp³-hybridized carbons (Fsp3) is 0.480. The molecule has 0 aliphatic carbocycles. The summed E-state index contributed by atoms with van der Waals surface area (Å²) in [5, 5.41) is 12.4. The molecule has 0 bridgehead atoms. The Bertz CT molecular complexity index is 893. The van der Waals surface area contributed by atoms with Crippen LogP contribution in [0.4, 0.5) is 14.9 Å². The molecule has 2 amide bonds. The first-order chi connectivity index (χ1) is 15.9. The van der Waals surface area contributed by atoms with Gasteiger partial charge in [-0.1, -0.05) is 26.7 Å². The Morgan fingerprint density at radius 1 is 1.09 bits per heavy atom. The van der Waals surface area contributed by atoms with Crippen LogP contribution in [0.3, 0.4) is 0 Å². The van der Waals surface area contributed by atoms with Gasteiger partial charge in [0.2, 0.25) is 0 Å². The number of anilines is 1. The summed E-state index contributed by atoms with van der Waals surface area (Å²) >= 11 is 0. The van der Waals surface area contributed by atoms with Gasteiger partial charge in [-0.25, -0.2) is 9.18 Å². The van der Waals surface area contributed by atoms with Crippen molar-refractivity contribution in [3.8, 4) is 17.2 Å². The number of rotatable bonds is 13. The summed E-state index contributed by atoms with van der Waals surface area (Å²) < 4.78 is 30.4. The topological polar surface area (TPSA) is 80.3 Å². The van der Waals surface area contributed by atoms with Crippen molar-refractivity contribution >= 4 is 11.7 Å². The van der Waals surface area contributed by atoms with Gasteiger partial charge in [-0.15, -0.1) is 0 Å². The highest BCUT2D eigenvalue weighted by molar-refractivity contribution is 5.89. The van der Waals surface area contributed by atoms with Crippen LogP contribution in [0.15, 0.2) is 36.4 Å². The number of ether oxygens (including phenoxy) is 3. The number of aliphatic hydroxyl groups is 1. The summed E-state index contributed by atoms with van der Waals surface area (Å²) in [7, 11) is 3.06. The number of nitrogens with zero attached hydrogens (tertiary/aromatic N) is 1. The maximum atomic E-state index is 13.8. The van der Waals surface area contributed by atoms with Gasteiger partial charge in [0.15, 0.2) is 11.5 Å². The van der Waals surface area contributed by atoms with Crippen molar-refractivity contribution < 1.29 is 28.5 Å². The van der Waals surface area contributed by atoms with Crippen LogP contribution in [0.2, 0.25) is 0 Å². The second kappa shape index (κ2) is 13.5. The van der Waals surface area contributed by atoms with Crippen LogP contribution in [0, 0.1) is 11.7 Å². The Labute approximate surface area is 195 Å². The van der Waals surface area contributed by atoms with Gasteiger partial charge in [-0.2, -0.15) is 0 Å². The summed E-state index contributed by atoms with van der Waals surface area (Å²) in [6, 6.07) is 8.98. The van der Waals surface area contributed by atoms with Gasteiger partial charge in [-0.3, -0.25) is 0 Å².